The van der Waals surface area contributed by atoms with E-state index in [1.807, 2.05) is 19.1 Å². The minimum Gasteiger partial charge on any atom is -0.330 e. The zero-order valence-corrected chi connectivity index (χ0v) is 13.1. The Kier molecular flexibility index (Phi) is 6.85. The Morgan fingerprint density at radius 2 is 1.95 bits per heavy atom. The van der Waals surface area contributed by atoms with Gasteiger partial charge in [-0.3, -0.25) is 0 Å². The second kappa shape index (κ2) is 7.89. The van der Waals surface area contributed by atoms with Gasteiger partial charge in [0.1, 0.15) is 0 Å². The molecule has 4 nitrogen and oxygen atoms in total. The van der Waals surface area contributed by atoms with Crippen molar-refractivity contribution in [2.75, 3.05) is 18.1 Å². The van der Waals surface area contributed by atoms with Gasteiger partial charge in [-0.05, 0) is 43.3 Å². The third kappa shape index (κ3) is 5.52. The third-order valence-electron chi connectivity index (χ3n) is 2.59. The van der Waals surface area contributed by atoms with E-state index in [0.29, 0.717) is 11.4 Å². The predicted octanol–water partition coefficient (Wildman–Crippen LogP) is 1.61. The lowest BCUT2D eigenvalue weighted by atomic mass is 10.2. The molecule has 0 aliphatic rings. The van der Waals surface area contributed by atoms with E-state index in [1.165, 1.54) is 0 Å². The molecule has 108 valence electrons. The van der Waals surface area contributed by atoms with Crippen molar-refractivity contribution in [2.24, 2.45) is 5.73 Å². The first-order valence-electron chi connectivity index (χ1n) is 6.38. The zero-order chi connectivity index (χ0) is 14.3. The number of nitrogens with two attached hydrogens (primary N) is 1. The van der Waals surface area contributed by atoms with Gasteiger partial charge < -0.3 is 5.73 Å². The first kappa shape index (κ1) is 16.5. The van der Waals surface area contributed by atoms with Crippen LogP contribution < -0.4 is 10.5 Å². The highest BCUT2D eigenvalue weighted by atomic mass is 32.2. The summed E-state index contributed by atoms with van der Waals surface area (Å²) in [5, 5.41) is 0. The molecule has 0 saturated carbocycles. The van der Waals surface area contributed by atoms with Crippen LogP contribution in [-0.4, -0.2) is 32.5 Å². The second-order valence-corrected chi connectivity index (χ2v) is 7.40. The van der Waals surface area contributed by atoms with Gasteiger partial charge in [-0.25, -0.2) is 13.1 Å². The van der Waals surface area contributed by atoms with Crippen LogP contribution in [0.25, 0.3) is 0 Å². The van der Waals surface area contributed by atoms with Crippen LogP contribution >= 0.6 is 11.8 Å². The molecule has 0 aliphatic heterocycles. The minimum atomic E-state index is -3.42. The standard InChI is InChI=1S/C13H22N2O2S2/c1-3-18-10-11(2)15-19(16,17)13-6-4-12(5-7-13)8-9-14/h4-7,11,15H,3,8-10,14H2,1-2H3. The molecule has 0 amide bonds. The highest BCUT2D eigenvalue weighted by Gasteiger charge is 2.16. The molecule has 0 spiro atoms. The molecule has 1 aromatic rings. The normalized spacial score (nSPS) is 13.4. The monoisotopic (exact) mass is 302 g/mol. The van der Waals surface area contributed by atoms with Gasteiger partial charge in [-0.15, -0.1) is 0 Å². The molecule has 3 N–H and O–H groups in total. The largest absolute Gasteiger partial charge is 0.330 e. The van der Waals surface area contributed by atoms with E-state index < -0.39 is 10.0 Å². The molecule has 0 bridgehead atoms. The van der Waals surface area contributed by atoms with Crippen molar-refractivity contribution in [3.8, 4) is 0 Å². The maximum Gasteiger partial charge on any atom is 0.240 e. The minimum absolute atomic E-state index is 0.0707. The van der Waals surface area contributed by atoms with E-state index in [1.54, 1.807) is 23.9 Å². The Bertz CT molecular complexity index is 472. The number of rotatable bonds is 8. The van der Waals surface area contributed by atoms with Crippen LogP contribution in [0.5, 0.6) is 0 Å². The molecule has 1 atom stereocenters. The predicted molar refractivity (Wildman–Crippen MR) is 82.0 cm³/mol. The van der Waals surface area contributed by atoms with Crippen LogP contribution in [0.2, 0.25) is 0 Å². The lowest BCUT2D eigenvalue weighted by Gasteiger charge is -2.13. The average Bonchev–Trinajstić information content (AvgIpc) is 2.37. The van der Waals surface area contributed by atoms with E-state index in [0.717, 1.165) is 23.5 Å². The topological polar surface area (TPSA) is 72.2 Å². The number of hydrogen-bond donors (Lipinski definition) is 2. The van der Waals surface area contributed by atoms with Crippen LogP contribution in [0, 0.1) is 0 Å². The summed E-state index contributed by atoms with van der Waals surface area (Å²) in [7, 11) is -3.42. The molecule has 0 radical (unpaired) electrons. The molecule has 1 rings (SSSR count). The number of benzene rings is 1. The van der Waals surface area contributed by atoms with E-state index in [2.05, 4.69) is 11.6 Å². The van der Waals surface area contributed by atoms with Crippen molar-refractivity contribution in [1.29, 1.82) is 0 Å². The highest BCUT2D eigenvalue weighted by molar-refractivity contribution is 7.99. The third-order valence-corrected chi connectivity index (χ3v) is 5.34. The van der Waals surface area contributed by atoms with Gasteiger partial charge in [0.25, 0.3) is 0 Å². The average molecular weight is 302 g/mol. The summed E-state index contributed by atoms with van der Waals surface area (Å²) in [6, 6.07) is 6.82. The summed E-state index contributed by atoms with van der Waals surface area (Å²) >= 11 is 1.72. The lowest BCUT2D eigenvalue weighted by Crippen LogP contribution is -2.34. The van der Waals surface area contributed by atoms with E-state index in [9.17, 15) is 8.42 Å². The Balaban J connectivity index is 2.71. The zero-order valence-electron chi connectivity index (χ0n) is 11.4. The number of hydrogen-bond acceptors (Lipinski definition) is 4. The number of thioether (sulfide) groups is 1. The van der Waals surface area contributed by atoms with Gasteiger partial charge in [0.2, 0.25) is 10.0 Å². The molecular formula is C13H22N2O2S2. The first-order valence-corrected chi connectivity index (χ1v) is 9.02. The lowest BCUT2D eigenvalue weighted by molar-refractivity contribution is 0.571. The van der Waals surface area contributed by atoms with Gasteiger partial charge in [-0.1, -0.05) is 19.1 Å². The van der Waals surface area contributed by atoms with E-state index in [-0.39, 0.29) is 6.04 Å². The first-order chi connectivity index (χ1) is 8.99. The van der Waals surface area contributed by atoms with E-state index in [4.69, 9.17) is 5.73 Å². The molecule has 1 aromatic carbocycles. The Morgan fingerprint density at radius 3 is 2.47 bits per heavy atom. The van der Waals surface area contributed by atoms with Crippen molar-refractivity contribution in [1.82, 2.24) is 4.72 Å². The highest BCUT2D eigenvalue weighted by Crippen LogP contribution is 2.12. The maximum atomic E-state index is 12.1. The summed E-state index contributed by atoms with van der Waals surface area (Å²) in [6.45, 7) is 4.50. The Morgan fingerprint density at radius 1 is 1.32 bits per heavy atom. The van der Waals surface area contributed by atoms with Crippen molar-refractivity contribution in [3.05, 3.63) is 29.8 Å². The maximum absolute atomic E-state index is 12.1. The van der Waals surface area contributed by atoms with Crippen molar-refractivity contribution in [2.45, 2.75) is 31.2 Å². The summed E-state index contributed by atoms with van der Waals surface area (Å²) in [4.78, 5) is 0.307. The van der Waals surface area contributed by atoms with E-state index >= 15 is 0 Å². The molecule has 1 unspecified atom stereocenters. The van der Waals surface area contributed by atoms with Crippen LogP contribution in [0.4, 0.5) is 0 Å². The molecule has 19 heavy (non-hydrogen) atoms. The fourth-order valence-electron chi connectivity index (χ4n) is 1.66. The molecular weight excluding hydrogens is 280 g/mol. The quantitative estimate of drug-likeness (QED) is 0.765. The van der Waals surface area contributed by atoms with Crippen molar-refractivity contribution < 1.29 is 8.42 Å². The number of nitrogens with one attached hydrogen (secondary N) is 1. The van der Waals surface area contributed by atoms with Crippen LogP contribution in [0.1, 0.15) is 19.4 Å². The number of sulfonamides is 1. The molecule has 0 heterocycles. The second-order valence-electron chi connectivity index (χ2n) is 4.36. The fourth-order valence-corrected chi connectivity index (χ4v) is 3.69. The van der Waals surface area contributed by atoms with Crippen molar-refractivity contribution >= 4 is 21.8 Å². The molecule has 0 aromatic heterocycles. The Labute approximate surface area is 120 Å². The summed E-state index contributed by atoms with van der Waals surface area (Å²) in [5.41, 5.74) is 6.52. The van der Waals surface area contributed by atoms with Crippen LogP contribution in [0.3, 0.4) is 0 Å². The van der Waals surface area contributed by atoms with Crippen LogP contribution in [0.15, 0.2) is 29.2 Å². The molecule has 0 fully saturated rings. The fraction of sp³-hybridized carbons (Fsp3) is 0.538. The van der Waals surface area contributed by atoms with Gasteiger partial charge in [-0.2, -0.15) is 11.8 Å². The van der Waals surface area contributed by atoms with Gasteiger partial charge in [0.05, 0.1) is 4.90 Å². The molecule has 6 heteroatoms. The molecule has 0 aliphatic carbocycles. The van der Waals surface area contributed by atoms with Gasteiger partial charge in [0, 0.05) is 11.8 Å². The van der Waals surface area contributed by atoms with Gasteiger partial charge >= 0.3 is 0 Å². The molecule has 0 saturated heterocycles. The smallest absolute Gasteiger partial charge is 0.240 e. The summed E-state index contributed by atoms with van der Waals surface area (Å²) < 4.78 is 26.9. The Hall–Kier alpha value is -0.560. The van der Waals surface area contributed by atoms with Crippen molar-refractivity contribution in [3.63, 3.8) is 0 Å². The SMILES string of the molecule is CCSCC(C)NS(=O)(=O)c1ccc(CCN)cc1. The summed E-state index contributed by atoms with van der Waals surface area (Å²) in [6.07, 6.45) is 0.761. The van der Waals surface area contributed by atoms with Gasteiger partial charge in [0.15, 0.2) is 0 Å². The van der Waals surface area contributed by atoms with Crippen LogP contribution in [-0.2, 0) is 16.4 Å². The summed E-state index contributed by atoms with van der Waals surface area (Å²) in [5.74, 6) is 1.76.